The molecule has 0 fully saturated rings. The third kappa shape index (κ3) is 1.42. The van der Waals surface area contributed by atoms with Gasteiger partial charge in [0.1, 0.15) is 11.7 Å². The maximum atomic E-state index is 5.58. The Bertz CT molecular complexity index is 238. The number of hydrogen-bond acceptors (Lipinski definition) is 3. The molecule has 0 spiro atoms. The average Bonchev–Trinajstić information content (AvgIpc) is 1.97. The minimum absolute atomic E-state index is 0.569. The summed E-state index contributed by atoms with van der Waals surface area (Å²) in [6, 6.07) is 0. The lowest BCUT2D eigenvalue weighted by Crippen LogP contribution is -2.25. The number of amidine groups is 1. The second kappa shape index (κ2) is 2.78. The minimum Gasteiger partial charge on any atom is -0.383 e. The van der Waals surface area contributed by atoms with Gasteiger partial charge in [0.25, 0.3) is 0 Å². The summed E-state index contributed by atoms with van der Waals surface area (Å²) in [6.07, 6.45) is 1.96. The normalized spacial score (nSPS) is 18.0. The van der Waals surface area contributed by atoms with Crippen molar-refractivity contribution in [2.45, 2.75) is 13.8 Å². The van der Waals surface area contributed by atoms with Crippen LogP contribution in [0.25, 0.3) is 0 Å². The maximum absolute atomic E-state index is 5.58. The molecule has 60 valence electrons. The molecule has 0 saturated heterocycles. The molecule has 0 aromatic rings. The number of hydrogen-bond donors (Lipinski definition) is 1. The van der Waals surface area contributed by atoms with Gasteiger partial charge in [0, 0.05) is 18.3 Å². The van der Waals surface area contributed by atoms with E-state index in [2.05, 4.69) is 11.6 Å². The van der Waals surface area contributed by atoms with E-state index in [1.807, 2.05) is 24.9 Å². The van der Waals surface area contributed by atoms with E-state index in [4.69, 9.17) is 5.73 Å². The number of nitrogens with zero attached hydrogens (tertiary/aromatic N) is 2. The Morgan fingerprint density at radius 3 is 2.91 bits per heavy atom. The van der Waals surface area contributed by atoms with Crippen molar-refractivity contribution < 1.29 is 0 Å². The van der Waals surface area contributed by atoms with Crippen molar-refractivity contribution in [1.82, 2.24) is 4.90 Å². The van der Waals surface area contributed by atoms with Crippen LogP contribution in [0.3, 0.4) is 0 Å². The Labute approximate surface area is 66.9 Å². The molecule has 1 aliphatic rings. The Morgan fingerprint density at radius 2 is 2.36 bits per heavy atom. The van der Waals surface area contributed by atoms with Gasteiger partial charge in [-0.15, -0.1) is 0 Å². The van der Waals surface area contributed by atoms with Crippen molar-refractivity contribution in [1.29, 1.82) is 0 Å². The highest BCUT2D eigenvalue weighted by Crippen LogP contribution is 2.12. The Morgan fingerprint density at radius 1 is 1.73 bits per heavy atom. The molecule has 0 radical (unpaired) electrons. The smallest absolute Gasteiger partial charge is 0.130 e. The fraction of sp³-hybridized carbons (Fsp3) is 0.375. The quantitative estimate of drug-likeness (QED) is 0.608. The summed E-state index contributed by atoms with van der Waals surface area (Å²) in [7, 11) is 0. The number of nitrogens with two attached hydrogens (primary N) is 1. The fourth-order valence-electron chi connectivity index (χ4n) is 0.940. The number of rotatable bonds is 1. The summed E-state index contributed by atoms with van der Waals surface area (Å²) in [5.74, 6) is 1.29. The Hall–Kier alpha value is -1.25. The highest BCUT2D eigenvalue weighted by atomic mass is 15.2. The van der Waals surface area contributed by atoms with Gasteiger partial charge in [0.15, 0.2) is 0 Å². The van der Waals surface area contributed by atoms with Crippen LogP contribution in [0.15, 0.2) is 29.2 Å². The number of aliphatic imine (C=N–C) groups is 1. The predicted molar refractivity (Wildman–Crippen MR) is 46.9 cm³/mol. The molecule has 1 heterocycles. The molecule has 0 atom stereocenters. The summed E-state index contributed by atoms with van der Waals surface area (Å²) in [6.45, 7) is 8.63. The summed E-state index contributed by atoms with van der Waals surface area (Å²) < 4.78 is 0. The maximum Gasteiger partial charge on any atom is 0.130 e. The van der Waals surface area contributed by atoms with E-state index in [9.17, 15) is 0 Å². The highest BCUT2D eigenvalue weighted by Gasteiger charge is 2.09. The first-order chi connectivity index (χ1) is 5.15. The van der Waals surface area contributed by atoms with Crippen LogP contribution in [0.2, 0.25) is 0 Å². The van der Waals surface area contributed by atoms with E-state index < -0.39 is 0 Å². The molecule has 3 heteroatoms. The van der Waals surface area contributed by atoms with Crippen molar-refractivity contribution in [3.63, 3.8) is 0 Å². The van der Waals surface area contributed by atoms with E-state index in [-0.39, 0.29) is 0 Å². The van der Waals surface area contributed by atoms with Crippen molar-refractivity contribution >= 4 is 5.84 Å². The third-order valence-corrected chi connectivity index (χ3v) is 1.68. The van der Waals surface area contributed by atoms with Crippen molar-refractivity contribution in [3.05, 3.63) is 24.2 Å². The molecule has 0 aromatic carbocycles. The average molecular weight is 151 g/mol. The second-order valence-electron chi connectivity index (χ2n) is 2.51. The van der Waals surface area contributed by atoms with Crippen LogP contribution >= 0.6 is 0 Å². The first kappa shape index (κ1) is 7.85. The zero-order valence-electron chi connectivity index (χ0n) is 6.96. The van der Waals surface area contributed by atoms with Crippen LogP contribution in [0, 0.1) is 0 Å². The molecule has 3 nitrogen and oxygen atoms in total. The predicted octanol–water partition coefficient (Wildman–Crippen LogP) is 1.05. The molecule has 0 unspecified atom stereocenters. The van der Waals surface area contributed by atoms with Gasteiger partial charge in [-0.1, -0.05) is 6.58 Å². The monoisotopic (exact) mass is 151 g/mol. The fourth-order valence-corrected chi connectivity index (χ4v) is 0.940. The zero-order chi connectivity index (χ0) is 8.43. The van der Waals surface area contributed by atoms with Gasteiger partial charge < -0.3 is 10.6 Å². The van der Waals surface area contributed by atoms with Crippen molar-refractivity contribution in [2.24, 2.45) is 10.7 Å². The molecule has 0 bridgehead atoms. The summed E-state index contributed by atoms with van der Waals surface area (Å²) >= 11 is 0. The van der Waals surface area contributed by atoms with Gasteiger partial charge in [-0.25, -0.2) is 4.99 Å². The minimum atomic E-state index is 0.569. The molecule has 0 aromatic heterocycles. The molecule has 1 aliphatic heterocycles. The van der Waals surface area contributed by atoms with E-state index in [1.165, 1.54) is 0 Å². The topological polar surface area (TPSA) is 41.6 Å². The Kier molecular flexibility index (Phi) is 1.98. The van der Waals surface area contributed by atoms with E-state index >= 15 is 0 Å². The van der Waals surface area contributed by atoms with Crippen molar-refractivity contribution in [2.75, 3.05) is 6.54 Å². The lowest BCUT2D eigenvalue weighted by atomic mass is 10.2. The standard InChI is InChI=1S/C8H13N3/c1-4-11-5-6(2)8(9)10-7(11)3/h5H,3-4H2,1-2H3,(H2,9,10). The molecule has 11 heavy (non-hydrogen) atoms. The van der Waals surface area contributed by atoms with Crippen LogP contribution in [0.1, 0.15) is 13.8 Å². The van der Waals surface area contributed by atoms with Gasteiger partial charge >= 0.3 is 0 Å². The van der Waals surface area contributed by atoms with E-state index in [0.29, 0.717) is 5.84 Å². The van der Waals surface area contributed by atoms with Gasteiger partial charge in [0.05, 0.1) is 0 Å². The molecule has 0 aliphatic carbocycles. The van der Waals surface area contributed by atoms with Crippen LogP contribution in [0.5, 0.6) is 0 Å². The van der Waals surface area contributed by atoms with Crippen molar-refractivity contribution in [3.8, 4) is 0 Å². The lowest BCUT2D eigenvalue weighted by Gasteiger charge is -2.23. The molecule has 2 N–H and O–H groups in total. The highest BCUT2D eigenvalue weighted by molar-refractivity contribution is 5.97. The van der Waals surface area contributed by atoms with Crippen LogP contribution in [-0.2, 0) is 0 Å². The zero-order valence-corrected chi connectivity index (χ0v) is 6.96. The van der Waals surface area contributed by atoms with Gasteiger partial charge in [-0.3, -0.25) is 0 Å². The summed E-state index contributed by atoms with van der Waals surface area (Å²) in [5, 5.41) is 0. The van der Waals surface area contributed by atoms with Gasteiger partial charge in [-0.2, -0.15) is 0 Å². The molecular weight excluding hydrogens is 138 g/mol. The largest absolute Gasteiger partial charge is 0.383 e. The third-order valence-electron chi connectivity index (χ3n) is 1.68. The van der Waals surface area contributed by atoms with Gasteiger partial charge in [-0.05, 0) is 13.8 Å². The van der Waals surface area contributed by atoms with E-state index in [1.54, 1.807) is 0 Å². The second-order valence-corrected chi connectivity index (χ2v) is 2.51. The molecular formula is C8H13N3. The summed E-state index contributed by atoms with van der Waals surface area (Å²) in [4.78, 5) is 6.04. The van der Waals surface area contributed by atoms with Crippen LogP contribution in [0.4, 0.5) is 0 Å². The SMILES string of the molecule is C=C1N=C(N)C(C)=CN1CC. The summed E-state index contributed by atoms with van der Waals surface area (Å²) in [5.41, 5.74) is 6.58. The molecule has 1 rings (SSSR count). The molecule has 0 saturated carbocycles. The first-order valence-electron chi connectivity index (χ1n) is 3.63. The van der Waals surface area contributed by atoms with Gasteiger partial charge in [0.2, 0.25) is 0 Å². The molecule has 0 amide bonds. The Balaban J connectivity index is 2.88. The first-order valence-corrected chi connectivity index (χ1v) is 3.63. The van der Waals surface area contributed by atoms with E-state index in [0.717, 1.165) is 17.9 Å². The van der Waals surface area contributed by atoms with Crippen LogP contribution in [-0.4, -0.2) is 17.3 Å². The van der Waals surface area contributed by atoms with Crippen LogP contribution < -0.4 is 5.73 Å². The lowest BCUT2D eigenvalue weighted by molar-refractivity contribution is 0.481.